The van der Waals surface area contributed by atoms with E-state index in [1.165, 1.54) is 7.11 Å². The van der Waals surface area contributed by atoms with Crippen molar-refractivity contribution in [2.75, 3.05) is 12.4 Å². The third kappa shape index (κ3) is 4.02. The highest BCUT2D eigenvalue weighted by Crippen LogP contribution is 2.46. The topological polar surface area (TPSA) is 59.4 Å². The number of carbonyl (C=O) groups excluding carboxylic acids is 1. The number of fused-ring (bicyclic) bond motifs is 1. The zero-order valence-electron chi connectivity index (χ0n) is 18.1. The Balaban J connectivity index is 1.72. The number of hydrogen-bond donors (Lipinski definition) is 1. The number of rotatable bonds is 3. The summed E-state index contributed by atoms with van der Waals surface area (Å²) < 4.78 is 48.0. The molecule has 4 rings (SSSR count). The summed E-state index contributed by atoms with van der Waals surface area (Å²) in [6, 6.07) is 4.22. The highest BCUT2D eigenvalue weighted by Gasteiger charge is 2.48. The van der Waals surface area contributed by atoms with Crippen molar-refractivity contribution in [1.82, 2.24) is 14.7 Å². The standard InChI is InChI=1S/C22H26ClF3N4O2/c1-12-5-4-6-13(2)29(12)21(31)19-18(23)20-27-16(14-7-9-15(32-3)10-8-14)11-17(22(24,25)26)30(20)28-19/h7-10,12-13,16-17,27H,4-6,11H2,1-3H3/t12-,13-,16-,17+/m1/s1. The molecule has 0 bridgehead atoms. The van der Waals surface area contributed by atoms with E-state index in [0.29, 0.717) is 11.3 Å². The van der Waals surface area contributed by atoms with Crippen LogP contribution in [0.5, 0.6) is 5.75 Å². The lowest BCUT2D eigenvalue weighted by molar-refractivity contribution is -0.173. The van der Waals surface area contributed by atoms with Crippen LogP contribution in [0.3, 0.4) is 0 Å². The molecule has 1 amide bonds. The normalized spacial score (nSPS) is 25.8. The Morgan fingerprint density at radius 3 is 2.38 bits per heavy atom. The molecule has 6 nitrogen and oxygen atoms in total. The van der Waals surface area contributed by atoms with Gasteiger partial charge in [-0.15, -0.1) is 0 Å². The van der Waals surface area contributed by atoms with Crippen molar-refractivity contribution in [3.05, 3.63) is 40.5 Å². The van der Waals surface area contributed by atoms with Crippen LogP contribution in [0.15, 0.2) is 24.3 Å². The first-order valence-electron chi connectivity index (χ1n) is 10.7. The number of alkyl halides is 3. The summed E-state index contributed by atoms with van der Waals surface area (Å²) >= 11 is 6.49. The summed E-state index contributed by atoms with van der Waals surface area (Å²) in [6.45, 7) is 3.88. The second-order valence-electron chi connectivity index (χ2n) is 8.56. The molecule has 1 fully saturated rings. The van der Waals surface area contributed by atoms with E-state index in [1.54, 1.807) is 29.2 Å². The van der Waals surface area contributed by atoms with Gasteiger partial charge in [-0.25, -0.2) is 4.68 Å². The van der Waals surface area contributed by atoms with E-state index in [1.807, 2.05) is 13.8 Å². The minimum Gasteiger partial charge on any atom is -0.497 e. The van der Waals surface area contributed by atoms with Gasteiger partial charge in [0.05, 0.1) is 13.2 Å². The average Bonchev–Trinajstić information content (AvgIpc) is 3.08. The molecule has 1 saturated heterocycles. The van der Waals surface area contributed by atoms with E-state index >= 15 is 0 Å². The van der Waals surface area contributed by atoms with Gasteiger partial charge in [0.15, 0.2) is 11.7 Å². The molecule has 4 atom stereocenters. The Kier molecular flexibility index (Phi) is 6.04. The van der Waals surface area contributed by atoms with Crippen LogP contribution < -0.4 is 10.1 Å². The van der Waals surface area contributed by atoms with Crippen LogP contribution in [0.2, 0.25) is 5.02 Å². The molecule has 0 radical (unpaired) electrons. The lowest BCUT2D eigenvalue weighted by atomic mass is 9.96. The Labute approximate surface area is 189 Å². The molecule has 32 heavy (non-hydrogen) atoms. The van der Waals surface area contributed by atoms with Crippen LogP contribution >= 0.6 is 11.6 Å². The summed E-state index contributed by atoms with van der Waals surface area (Å²) in [4.78, 5) is 15.0. The number of ether oxygens (including phenoxy) is 1. The maximum absolute atomic E-state index is 14.0. The van der Waals surface area contributed by atoms with E-state index in [0.717, 1.165) is 23.9 Å². The lowest BCUT2D eigenvalue weighted by Gasteiger charge is -2.38. The smallest absolute Gasteiger partial charge is 0.410 e. The van der Waals surface area contributed by atoms with Crippen molar-refractivity contribution in [3.8, 4) is 5.75 Å². The SMILES string of the molecule is COc1ccc([C@H]2C[C@@H](C(F)(F)F)n3nc(C(=O)N4[C@H](C)CCC[C@H]4C)c(Cl)c3N2)cc1. The number of halogens is 4. The number of nitrogens with zero attached hydrogens (tertiary/aromatic N) is 3. The molecule has 0 unspecified atom stereocenters. The molecule has 10 heteroatoms. The number of aromatic nitrogens is 2. The summed E-state index contributed by atoms with van der Waals surface area (Å²) in [6.07, 6.45) is -2.15. The van der Waals surface area contributed by atoms with E-state index in [2.05, 4.69) is 10.4 Å². The van der Waals surface area contributed by atoms with Crippen molar-refractivity contribution in [1.29, 1.82) is 0 Å². The van der Waals surface area contributed by atoms with Crippen LogP contribution in [0, 0.1) is 0 Å². The molecule has 174 valence electrons. The van der Waals surface area contributed by atoms with Crippen molar-refractivity contribution >= 4 is 23.3 Å². The van der Waals surface area contributed by atoms with Crippen LogP contribution in [-0.4, -0.2) is 46.0 Å². The van der Waals surface area contributed by atoms with Crippen LogP contribution in [0.25, 0.3) is 0 Å². The molecule has 2 aliphatic rings. The highest BCUT2D eigenvalue weighted by atomic mass is 35.5. The monoisotopic (exact) mass is 470 g/mol. The number of methoxy groups -OCH3 is 1. The zero-order chi connectivity index (χ0) is 23.2. The van der Waals surface area contributed by atoms with Gasteiger partial charge in [0.2, 0.25) is 0 Å². The Morgan fingerprint density at radius 1 is 1.19 bits per heavy atom. The van der Waals surface area contributed by atoms with E-state index < -0.39 is 24.2 Å². The fourth-order valence-corrected chi connectivity index (χ4v) is 4.98. The Bertz CT molecular complexity index is 982. The van der Waals surface area contributed by atoms with Gasteiger partial charge in [0.25, 0.3) is 5.91 Å². The van der Waals surface area contributed by atoms with Crippen LogP contribution in [-0.2, 0) is 0 Å². The average molecular weight is 471 g/mol. The lowest BCUT2D eigenvalue weighted by Crippen LogP contribution is -2.47. The summed E-state index contributed by atoms with van der Waals surface area (Å²) in [5, 5.41) is 7.09. The third-order valence-corrected chi connectivity index (χ3v) is 6.80. The predicted octanol–water partition coefficient (Wildman–Crippen LogP) is 5.61. The van der Waals surface area contributed by atoms with Crippen molar-refractivity contribution in [2.24, 2.45) is 0 Å². The van der Waals surface area contributed by atoms with Gasteiger partial charge in [-0.1, -0.05) is 23.7 Å². The number of hydrogen-bond acceptors (Lipinski definition) is 4. The first-order valence-corrected chi connectivity index (χ1v) is 11.1. The van der Waals surface area contributed by atoms with Crippen LogP contribution in [0.1, 0.15) is 67.7 Å². The third-order valence-electron chi connectivity index (χ3n) is 6.44. The fourth-order valence-electron chi connectivity index (χ4n) is 4.72. The molecule has 1 aromatic heterocycles. The minimum absolute atomic E-state index is 0.0155. The molecule has 0 aliphatic carbocycles. The minimum atomic E-state index is -4.55. The largest absolute Gasteiger partial charge is 0.497 e. The maximum atomic E-state index is 14.0. The number of likely N-dealkylation sites (tertiary alicyclic amines) is 1. The molecule has 0 saturated carbocycles. The number of piperidine rings is 1. The first-order chi connectivity index (χ1) is 15.1. The quantitative estimate of drug-likeness (QED) is 0.633. The first kappa shape index (κ1) is 22.8. The van der Waals surface area contributed by atoms with Gasteiger partial charge >= 0.3 is 6.18 Å². The van der Waals surface area contributed by atoms with Crippen molar-refractivity contribution in [3.63, 3.8) is 0 Å². The Hall–Kier alpha value is -2.42. The maximum Gasteiger partial charge on any atom is 0.410 e. The summed E-state index contributed by atoms with van der Waals surface area (Å²) in [7, 11) is 1.52. The van der Waals surface area contributed by atoms with E-state index in [-0.39, 0.29) is 35.0 Å². The van der Waals surface area contributed by atoms with E-state index in [9.17, 15) is 18.0 Å². The molecule has 0 spiro atoms. The molecular weight excluding hydrogens is 445 g/mol. The second-order valence-corrected chi connectivity index (χ2v) is 8.94. The van der Waals surface area contributed by atoms with Crippen LogP contribution in [0.4, 0.5) is 19.0 Å². The molecule has 2 aliphatic heterocycles. The number of carbonyl (C=O) groups is 1. The van der Waals surface area contributed by atoms with E-state index in [4.69, 9.17) is 16.3 Å². The van der Waals surface area contributed by atoms with Gasteiger partial charge in [0.1, 0.15) is 16.6 Å². The molecule has 3 heterocycles. The van der Waals surface area contributed by atoms with Gasteiger partial charge in [-0.3, -0.25) is 4.79 Å². The molecular formula is C22H26ClF3N4O2. The van der Waals surface area contributed by atoms with Gasteiger partial charge < -0.3 is 15.0 Å². The van der Waals surface area contributed by atoms with Gasteiger partial charge in [-0.2, -0.15) is 18.3 Å². The zero-order valence-corrected chi connectivity index (χ0v) is 18.9. The fraction of sp³-hybridized carbons (Fsp3) is 0.545. The number of benzene rings is 1. The molecule has 2 aromatic rings. The predicted molar refractivity (Wildman–Crippen MR) is 115 cm³/mol. The molecule has 1 aromatic carbocycles. The number of nitrogens with one attached hydrogen (secondary N) is 1. The molecule has 1 N–H and O–H groups in total. The second kappa shape index (κ2) is 8.50. The van der Waals surface area contributed by atoms with Crippen molar-refractivity contribution in [2.45, 2.75) is 69.9 Å². The summed E-state index contributed by atoms with van der Waals surface area (Å²) in [5.74, 6) is 0.194. The van der Waals surface area contributed by atoms with Gasteiger partial charge in [-0.05, 0) is 50.8 Å². The number of anilines is 1. The highest BCUT2D eigenvalue weighted by molar-refractivity contribution is 6.36. The van der Waals surface area contributed by atoms with Gasteiger partial charge in [0, 0.05) is 18.5 Å². The summed E-state index contributed by atoms with van der Waals surface area (Å²) in [5.41, 5.74) is 0.522. The number of amides is 1. The van der Waals surface area contributed by atoms with Crippen molar-refractivity contribution < 1.29 is 22.7 Å². The Morgan fingerprint density at radius 2 is 1.81 bits per heavy atom.